The molecule has 21 heavy (non-hydrogen) atoms. The van der Waals surface area contributed by atoms with Crippen molar-refractivity contribution in [3.63, 3.8) is 0 Å². The topological polar surface area (TPSA) is 82.9 Å². The number of amides is 2. The van der Waals surface area contributed by atoms with E-state index in [1.54, 1.807) is 26.0 Å². The molecule has 1 unspecified atom stereocenters. The third kappa shape index (κ3) is 4.16. The summed E-state index contributed by atoms with van der Waals surface area (Å²) < 4.78 is 0. The second kappa shape index (κ2) is 7.03. The van der Waals surface area contributed by atoms with Crippen molar-refractivity contribution in [2.24, 2.45) is 10.2 Å². The highest BCUT2D eigenvalue weighted by Gasteiger charge is 2.34. The number of nitrogens with zero attached hydrogens (tertiary/aromatic N) is 2. The molecule has 1 aliphatic heterocycles. The van der Waals surface area contributed by atoms with E-state index in [-0.39, 0.29) is 11.6 Å². The number of thioether (sulfide) groups is 1. The average Bonchev–Trinajstić information content (AvgIpc) is 2.86. The molecule has 0 spiro atoms. The number of hydrogen-bond donors (Lipinski definition) is 2. The number of rotatable bonds is 4. The van der Waals surface area contributed by atoms with Crippen LogP contribution in [0.1, 0.15) is 13.8 Å². The number of hydrogen-bond acceptors (Lipinski definition) is 5. The number of anilines is 1. The van der Waals surface area contributed by atoms with Crippen molar-refractivity contribution in [3.8, 4) is 0 Å². The maximum Gasteiger partial charge on any atom is 0.273 e. The molecule has 0 aliphatic carbocycles. The summed E-state index contributed by atoms with van der Waals surface area (Å²) in [5.74, 6) is -0.165. The lowest BCUT2D eigenvalue weighted by molar-refractivity contribution is -0.119. The van der Waals surface area contributed by atoms with Crippen molar-refractivity contribution in [3.05, 3.63) is 30.3 Å². The van der Waals surface area contributed by atoms with Crippen LogP contribution in [0.5, 0.6) is 0 Å². The van der Waals surface area contributed by atoms with Crippen LogP contribution in [0.25, 0.3) is 0 Å². The van der Waals surface area contributed by atoms with Crippen molar-refractivity contribution in [1.82, 2.24) is 5.32 Å². The summed E-state index contributed by atoms with van der Waals surface area (Å²) in [7, 11) is 0. The monoisotopic (exact) mass is 304 g/mol. The fourth-order valence-corrected chi connectivity index (χ4v) is 2.59. The van der Waals surface area contributed by atoms with Crippen LogP contribution in [0, 0.1) is 0 Å². The molecule has 7 heteroatoms. The zero-order valence-corrected chi connectivity index (χ0v) is 12.6. The van der Waals surface area contributed by atoms with Crippen molar-refractivity contribution in [1.29, 1.82) is 0 Å². The third-order valence-electron chi connectivity index (χ3n) is 2.60. The second-order valence-corrected chi connectivity index (χ2v) is 5.68. The molecule has 110 valence electrons. The molecule has 1 aromatic rings. The molecule has 1 fully saturated rings. The van der Waals surface area contributed by atoms with Crippen LogP contribution in [0.3, 0.4) is 0 Å². The minimum atomic E-state index is -0.628. The molecular weight excluding hydrogens is 288 g/mol. The Kier molecular flexibility index (Phi) is 5.10. The van der Waals surface area contributed by atoms with Gasteiger partial charge in [-0.1, -0.05) is 18.2 Å². The highest BCUT2D eigenvalue weighted by molar-refractivity contribution is 8.01. The highest BCUT2D eigenvalue weighted by Crippen LogP contribution is 2.19. The molecule has 1 heterocycles. The Balaban J connectivity index is 2.22. The van der Waals surface area contributed by atoms with E-state index in [4.69, 9.17) is 0 Å². The number of para-hydroxylation sites is 1. The van der Waals surface area contributed by atoms with E-state index in [0.717, 1.165) is 0 Å². The van der Waals surface area contributed by atoms with Crippen molar-refractivity contribution >= 4 is 40.7 Å². The fourth-order valence-electron chi connectivity index (χ4n) is 1.66. The standard InChI is InChI=1S/C14H16N4O2S/c1-9(2)17-18-11(12-14(20)15-8-21-12)13(19)16-10-6-4-3-5-7-10/h3-7,12H,8H2,1-2H3,(H,15,20)(H,16,19)/b18-11-. The number of benzene rings is 1. The Bertz CT molecular complexity index is 594. The summed E-state index contributed by atoms with van der Waals surface area (Å²) in [5, 5.41) is 12.7. The Morgan fingerprint density at radius 1 is 1.29 bits per heavy atom. The van der Waals surface area contributed by atoms with Crippen LogP contribution in [0.2, 0.25) is 0 Å². The summed E-state index contributed by atoms with van der Waals surface area (Å²) in [6.07, 6.45) is 0. The molecule has 2 amide bonds. The molecule has 0 saturated carbocycles. The quantitative estimate of drug-likeness (QED) is 0.655. The van der Waals surface area contributed by atoms with E-state index in [1.807, 2.05) is 18.2 Å². The van der Waals surface area contributed by atoms with Gasteiger partial charge in [-0.05, 0) is 26.0 Å². The van der Waals surface area contributed by atoms with Gasteiger partial charge in [0.05, 0.1) is 5.88 Å². The molecule has 1 aromatic carbocycles. The van der Waals surface area contributed by atoms with Crippen molar-refractivity contribution < 1.29 is 9.59 Å². The van der Waals surface area contributed by atoms with Crippen molar-refractivity contribution in [2.75, 3.05) is 11.2 Å². The summed E-state index contributed by atoms with van der Waals surface area (Å²) in [6, 6.07) is 9.03. The van der Waals surface area contributed by atoms with Gasteiger partial charge in [-0.2, -0.15) is 5.10 Å². The summed E-state index contributed by atoms with van der Waals surface area (Å²) >= 11 is 1.33. The van der Waals surface area contributed by atoms with Crippen molar-refractivity contribution in [2.45, 2.75) is 19.1 Å². The first kappa shape index (κ1) is 15.2. The van der Waals surface area contributed by atoms with Gasteiger partial charge < -0.3 is 10.6 Å². The first-order valence-electron chi connectivity index (χ1n) is 6.42. The molecule has 1 saturated heterocycles. The van der Waals surface area contributed by atoms with E-state index in [2.05, 4.69) is 20.8 Å². The summed E-state index contributed by atoms with van der Waals surface area (Å²) in [4.78, 5) is 24.1. The molecule has 2 rings (SSSR count). The Hall–Kier alpha value is -2.15. The molecular formula is C14H16N4O2S. The molecule has 1 atom stereocenters. The predicted octanol–water partition coefficient (Wildman–Crippen LogP) is 1.65. The first-order valence-corrected chi connectivity index (χ1v) is 7.47. The molecule has 0 radical (unpaired) electrons. The maximum absolute atomic E-state index is 12.4. The van der Waals surface area contributed by atoms with Gasteiger partial charge in [0.2, 0.25) is 5.91 Å². The van der Waals surface area contributed by atoms with E-state index in [0.29, 0.717) is 17.3 Å². The zero-order valence-electron chi connectivity index (χ0n) is 11.8. The van der Waals surface area contributed by atoms with Crippen LogP contribution in [0.4, 0.5) is 5.69 Å². The van der Waals surface area contributed by atoms with Crippen LogP contribution in [0.15, 0.2) is 40.5 Å². The first-order chi connectivity index (χ1) is 10.1. The van der Waals surface area contributed by atoms with Crippen LogP contribution < -0.4 is 10.6 Å². The SMILES string of the molecule is CC(C)=N/N=C(\C(=O)Nc1ccccc1)C1SCNC1=O. The molecule has 0 aromatic heterocycles. The van der Waals surface area contributed by atoms with Crippen LogP contribution in [-0.4, -0.2) is 34.4 Å². The summed E-state index contributed by atoms with van der Waals surface area (Å²) in [5.41, 5.74) is 1.47. The predicted molar refractivity (Wildman–Crippen MR) is 85.7 cm³/mol. The lowest BCUT2D eigenvalue weighted by atomic mass is 10.2. The molecule has 0 bridgehead atoms. The van der Waals surface area contributed by atoms with Gasteiger partial charge in [0.15, 0.2) is 5.71 Å². The van der Waals surface area contributed by atoms with Gasteiger partial charge in [0.1, 0.15) is 5.25 Å². The van der Waals surface area contributed by atoms with Gasteiger partial charge in [0, 0.05) is 11.4 Å². The van der Waals surface area contributed by atoms with Gasteiger partial charge in [-0.25, -0.2) is 0 Å². The van der Waals surface area contributed by atoms with Gasteiger partial charge in [-0.15, -0.1) is 16.9 Å². The second-order valence-electron chi connectivity index (χ2n) is 4.58. The van der Waals surface area contributed by atoms with E-state index in [1.165, 1.54) is 11.8 Å². The lowest BCUT2D eigenvalue weighted by Crippen LogP contribution is -2.37. The third-order valence-corrected chi connectivity index (χ3v) is 3.69. The van der Waals surface area contributed by atoms with Crippen LogP contribution in [-0.2, 0) is 9.59 Å². The zero-order chi connectivity index (χ0) is 15.2. The number of carbonyl (C=O) groups excluding carboxylic acids is 2. The van der Waals surface area contributed by atoms with Gasteiger partial charge in [0.25, 0.3) is 5.91 Å². The fraction of sp³-hybridized carbons (Fsp3) is 0.286. The maximum atomic E-state index is 12.4. The Labute approximate surface area is 127 Å². The Morgan fingerprint density at radius 2 is 2.00 bits per heavy atom. The minimum absolute atomic E-state index is 0.111. The highest BCUT2D eigenvalue weighted by atomic mass is 32.2. The summed E-state index contributed by atoms with van der Waals surface area (Å²) in [6.45, 7) is 3.55. The minimum Gasteiger partial charge on any atom is -0.346 e. The Morgan fingerprint density at radius 3 is 2.57 bits per heavy atom. The van der Waals surface area contributed by atoms with Gasteiger partial charge >= 0.3 is 0 Å². The van der Waals surface area contributed by atoms with E-state index >= 15 is 0 Å². The smallest absolute Gasteiger partial charge is 0.273 e. The van der Waals surface area contributed by atoms with Crippen LogP contribution >= 0.6 is 11.8 Å². The molecule has 1 aliphatic rings. The lowest BCUT2D eigenvalue weighted by Gasteiger charge is -2.10. The average molecular weight is 304 g/mol. The van der Waals surface area contributed by atoms with E-state index < -0.39 is 11.2 Å². The normalized spacial score (nSPS) is 18.1. The van der Waals surface area contributed by atoms with E-state index in [9.17, 15) is 9.59 Å². The largest absolute Gasteiger partial charge is 0.346 e. The number of nitrogens with one attached hydrogen (secondary N) is 2. The molecule has 2 N–H and O–H groups in total. The van der Waals surface area contributed by atoms with Gasteiger partial charge in [-0.3, -0.25) is 9.59 Å². The number of carbonyl (C=O) groups is 2. The molecule has 6 nitrogen and oxygen atoms in total.